The number of sulfone groups is 1. The fourth-order valence-corrected chi connectivity index (χ4v) is 6.32. The van der Waals surface area contributed by atoms with Gasteiger partial charge in [0.25, 0.3) is 0 Å². The van der Waals surface area contributed by atoms with Crippen LogP contribution in [0.1, 0.15) is 36.0 Å². The Morgan fingerprint density at radius 2 is 1.90 bits per heavy atom. The maximum atomic E-state index is 13.7. The monoisotopic (exact) mass is 415 g/mol. The quantitative estimate of drug-likeness (QED) is 0.770. The Balaban J connectivity index is 1.91. The van der Waals surface area contributed by atoms with Gasteiger partial charge in [0.05, 0.1) is 12.0 Å². The standard InChI is InChI=1S/C22H25NO5S/c1-13-9-10-15(11-14(13)2)29(25,26)20-17-12-22(3,23(4)21(20)24)28-19-16(17)7-6-8-18(19)27-5/h6-11,17,20H,12H2,1-5H3/t17-,20-,22-/m0/s1. The number of ether oxygens (including phenoxy) is 2. The van der Waals surface area contributed by atoms with Gasteiger partial charge in [0.2, 0.25) is 5.91 Å². The molecule has 0 saturated carbocycles. The molecule has 1 saturated heterocycles. The molecule has 3 atom stereocenters. The van der Waals surface area contributed by atoms with Crippen LogP contribution in [0.25, 0.3) is 0 Å². The molecular formula is C22H25NO5S. The summed E-state index contributed by atoms with van der Waals surface area (Å²) in [6, 6.07) is 10.4. The molecule has 0 spiro atoms. The minimum Gasteiger partial charge on any atom is -0.493 e. The first kappa shape index (κ1) is 19.8. The van der Waals surface area contributed by atoms with Crippen molar-refractivity contribution in [2.75, 3.05) is 14.2 Å². The van der Waals surface area contributed by atoms with E-state index in [0.29, 0.717) is 23.5 Å². The van der Waals surface area contributed by atoms with Gasteiger partial charge < -0.3 is 14.4 Å². The van der Waals surface area contributed by atoms with Crippen LogP contribution in [0.15, 0.2) is 41.3 Å². The summed E-state index contributed by atoms with van der Waals surface area (Å²) in [6.07, 6.45) is 0.393. The average Bonchev–Trinajstić information content (AvgIpc) is 2.67. The zero-order valence-corrected chi connectivity index (χ0v) is 18.0. The maximum Gasteiger partial charge on any atom is 0.244 e. The summed E-state index contributed by atoms with van der Waals surface area (Å²) in [5, 5.41) is -1.21. The van der Waals surface area contributed by atoms with Gasteiger partial charge in [-0.25, -0.2) is 8.42 Å². The molecule has 0 N–H and O–H groups in total. The van der Waals surface area contributed by atoms with Gasteiger partial charge in [-0.05, 0) is 50.1 Å². The van der Waals surface area contributed by atoms with Crippen molar-refractivity contribution in [2.24, 2.45) is 0 Å². The maximum absolute atomic E-state index is 13.7. The second kappa shape index (κ2) is 6.49. The molecule has 2 aromatic rings. The zero-order valence-electron chi connectivity index (χ0n) is 17.2. The lowest BCUT2D eigenvalue weighted by Crippen LogP contribution is -2.64. The molecule has 0 aromatic heterocycles. The molecule has 1 amide bonds. The highest BCUT2D eigenvalue weighted by atomic mass is 32.2. The Morgan fingerprint density at radius 1 is 1.17 bits per heavy atom. The van der Waals surface area contributed by atoms with E-state index < -0.39 is 32.6 Å². The highest BCUT2D eigenvalue weighted by molar-refractivity contribution is 7.92. The first-order chi connectivity index (χ1) is 13.6. The number of piperidine rings is 1. The molecule has 29 heavy (non-hydrogen) atoms. The highest BCUT2D eigenvalue weighted by Crippen LogP contribution is 2.52. The van der Waals surface area contributed by atoms with E-state index in [9.17, 15) is 13.2 Å². The van der Waals surface area contributed by atoms with Crippen LogP contribution in [0.4, 0.5) is 0 Å². The van der Waals surface area contributed by atoms with Crippen molar-refractivity contribution in [3.8, 4) is 11.5 Å². The highest BCUT2D eigenvalue weighted by Gasteiger charge is 2.57. The van der Waals surface area contributed by atoms with Crippen molar-refractivity contribution in [2.45, 2.75) is 49.0 Å². The Hall–Kier alpha value is -2.54. The molecule has 2 aliphatic rings. The van der Waals surface area contributed by atoms with Gasteiger partial charge in [0.15, 0.2) is 32.3 Å². The molecule has 0 radical (unpaired) electrons. The van der Waals surface area contributed by atoms with Crippen LogP contribution < -0.4 is 9.47 Å². The summed E-state index contributed by atoms with van der Waals surface area (Å²) in [4.78, 5) is 14.9. The van der Waals surface area contributed by atoms with Crippen LogP contribution in [-0.4, -0.2) is 44.4 Å². The van der Waals surface area contributed by atoms with Crippen LogP contribution in [0, 0.1) is 13.8 Å². The summed E-state index contributed by atoms with van der Waals surface area (Å²) in [7, 11) is -0.766. The fourth-order valence-electron chi connectivity index (χ4n) is 4.33. The van der Waals surface area contributed by atoms with E-state index in [0.717, 1.165) is 11.1 Å². The molecule has 0 aliphatic carbocycles. The average molecular weight is 416 g/mol. The number of benzene rings is 2. The minimum atomic E-state index is -3.91. The van der Waals surface area contributed by atoms with Gasteiger partial charge in [-0.15, -0.1) is 0 Å². The van der Waals surface area contributed by atoms with Gasteiger partial charge in [0, 0.05) is 24.9 Å². The molecule has 2 bridgehead atoms. The smallest absolute Gasteiger partial charge is 0.244 e. The van der Waals surface area contributed by atoms with E-state index in [4.69, 9.17) is 9.47 Å². The minimum absolute atomic E-state index is 0.173. The van der Waals surface area contributed by atoms with Crippen LogP contribution in [0.2, 0.25) is 0 Å². The molecule has 154 valence electrons. The number of hydrogen-bond acceptors (Lipinski definition) is 5. The number of nitrogens with zero attached hydrogens (tertiary/aromatic N) is 1. The molecule has 2 heterocycles. The summed E-state index contributed by atoms with van der Waals surface area (Å²) < 4.78 is 38.9. The van der Waals surface area contributed by atoms with E-state index in [-0.39, 0.29) is 4.90 Å². The lowest BCUT2D eigenvalue weighted by Gasteiger charge is -2.51. The van der Waals surface area contributed by atoms with Crippen LogP contribution in [-0.2, 0) is 14.6 Å². The van der Waals surface area contributed by atoms with Crippen LogP contribution in [0.5, 0.6) is 11.5 Å². The van der Waals surface area contributed by atoms with Gasteiger partial charge in [-0.3, -0.25) is 4.79 Å². The second-order valence-corrected chi connectivity index (χ2v) is 10.1. The second-order valence-electron chi connectivity index (χ2n) is 8.08. The predicted octanol–water partition coefficient (Wildman–Crippen LogP) is 3.21. The molecule has 6 nitrogen and oxygen atoms in total. The summed E-state index contributed by atoms with van der Waals surface area (Å²) in [5.41, 5.74) is 1.64. The third-order valence-electron chi connectivity index (χ3n) is 6.34. The number of rotatable bonds is 3. The third kappa shape index (κ3) is 2.82. The van der Waals surface area contributed by atoms with Crippen molar-refractivity contribution in [3.63, 3.8) is 0 Å². The van der Waals surface area contributed by atoms with E-state index in [1.165, 1.54) is 4.90 Å². The Kier molecular flexibility index (Phi) is 4.42. The number of aryl methyl sites for hydroxylation is 2. The SMILES string of the molecule is COc1cccc2c1O[C@@]1(C)C[C@@H]2[C@H](S(=O)(=O)c2ccc(C)c(C)c2)C(=O)N1C. The first-order valence-corrected chi connectivity index (χ1v) is 11.1. The van der Waals surface area contributed by atoms with Gasteiger partial charge in [-0.2, -0.15) is 0 Å². The van der Waals surface area contributed by atoms with Gasteiger partial charge in [-0.1, -0.05) is 18.2 Å². The van der Waals surface area contributed by atoms with E-state index >= 15 is 0 Å². The number of fused-ring (bicyclic) bond motifs is 4. The van der Waals surface area contributed by atoms with Crippen LogP contribution in [0.3, 0.4) is 0 Å². The number of likely N-dealkylation sites (tertiary alicyclic amines) is 1. The Bertz CT molecular complexity index is 1110. The lowest BCUT2D eigenvalue weighted by atomic mass is 9.80. The third-order valence-corrected chi connectivity index (χ3v) is 8.45. The zero-order chi connectivity index (χ0) is 21.1. The molecule has 2 aromatic carbocycles. The molecular weight excluding hydrogens is 390 g/mol. The van der Waals surface area contributed by atoms with Crippen molar-refractivity contribution in [1.29, 1.82) is 0 Å². The Morgan fingerprint density at radius 3 is 2.55 bits per heavy atom. The number of methoxy groups -OCH3 is 1. The molecule has 1 fully saturated rings. The van der Waals surface area contributed by atoms with E-state index in [2.05, 4.69) is 0 Å². The molecule has 4 rings (SSSR count). The van der Waals surface area contributed by atoms with E-state index in [1.807, 2.05) is 26.8 Å². The van der Waals surface area contributed by atoms with Crippen molar-refractivity contribution >= 4 is 15.7 Å². The summed E-state index contributed by atoms with van der Waals surface area (Å²) in [6.45, 7) is 5.61. The van der Waals surface area contributed by atoms with Gasteiger partial charge in [0.1, 0.15) is 0 Å². The van der Waals surface area contributed by atoms with Crippen molar-refractivity contribution in [1.82, 2.24) is 4.90 Å². The number of carbonyl (C=O) groups excluding carboxylic acids is 1. The normalized spacial score (nSPS) is 26.0. The van der Waals surface area contributed by atoms with Crippen molar-refractivity contribution in [3.05, 3.63) is 53.1 Å². The first-order valence-electron chi connectivity index (χ1n) is 9.55. The fraction of sp³-hybridized carbons (Fsp3) is 0.409. The molecule has 7 heteroatoms. The number of carbonyl (C=O) groups is 1. The van der Waals surface area contributed by atoms with Crippen molar-refractivity contribution < 1.29 is 22.7 Å². The number of amides is 1. The largest absolute Gasteiger partial charge is 0.493 e. The molecule has 0 unspecified atom stereocenters. The van der Waals surface area contributed by atoms with E-state index in [1.54, 1.807) is 44.5 Å². The van der Waals surface area contributed by atoms with Crippen LogP contribution >= 0.6 is 0 Å². The predicted molar refractivity (Wildman–Crippen MR) is 109 cm³/mol. The topological polar surface area (TPSA) is 72.9 Å². The number of para-hydroxylation sites is 1. The Labute approximate surface area is 171 Å². The van der Waals surface area contributed by atoms with Gasteiger partial charge >= 0.3 is 0 Å². The molecule has 2 aliphatic heterocycles. The summed E-state index contributed by atoms with van der Waals surface area (Å²) in [5.74, 6) is 0.0708. The lowest BCUT2D eigenvalue weighted by molar-refractivity contribution is -0.160. The summed E-state index contributed by atoms with van der Waals surface area (Å²) >= 11 is 0. The number of hydrogen-bond donors (Lipinski definition) is 0.